The summed E-state index contributed by atoms with van der Waals surface area (Å²) in [6.45, 7) is 2.07. The third-order valence-corrected chi connectivity index (χ3v) is 2.32. The summed E-state index contributed by atoms with van der Waals surface area (Å²) >= 11 is 0. The van der Waals surface area contributed by atoms with Crippen molar-refractivity contribution in [2.45, 2.75) is 13.5 Å². The van der Waals surface area contributed by atoms with E-state index in [-0.39, 0.29) is 12.5 Å². The summed E-state index contributed by atoms with van der Waals surface area (Å²) in [6, 6.07) is 3.37. The molecule has 0 aliphatic rings. The highest BCUT2D eigenvalue weighted by molar-refractivity contribution is 5.99. The fourth-order valence-corrected chi connectivity index (χ4v) is 1.46. The van der Waals surface area contributed by atoms with Crippen molar-refractivity contribution >= 4 is 11.6 Å². The van der Waals surface area contributed by atoms with Gasteiger partial charge in [-0.3, -0.25) is 15.6 Å². The molecule has 0 saturated carbocycles. The normalized spacial score (nSPS) is 10.1. The largest absolute Gasteiger partial charge is 0.359 e. The van der Waals surface area contributed by atoms with Crippen LogP contribution in [0.25, 0.3) is 0 Å². The van der Waals surface area contributed by atoms with Gasteiger partial charge in [-0.05, 0) is 13.0 Å². The second-order valence-corrected chi connectivity index (χ2v) is 3.68. The molecule has 0 radical (unpaired) electrons. The molecule has 7 heteroatoms. The summed E-state index contributed by atoms with van der Waals surface area (Å²) in [4.78, 5) is 15.8. The number of nitrogen functional groups attached to an aromatic ring is 1. The van der Waals surface area contributed by atoms with Gasteiger partial charge in [0.05, 0.1) is 23.5 Å². The van der Waals surface area contributed by atoms with Crippen LogP contribution in [0.5, 0.6) is 0 Å². The van der Waals surface area contributed by atoms with Crippen LogP contribution in [0.3, 0.4) is 0 Å². The zero-order chi connectivity index (χ0) is 13.0. The maximum Gasteiger partial charge on any atom is 0.255 e. The molecule has 0 bridgehead atoms. The van der Waals surface area contributed by atoms with E-state index in [1.165, 1.54) is 6.20 Å². The first kappa shape index (κ1) is 12.1. The third-order valence-electron chi connectivity index (χ3n) is 2.32. The molecule has 2 rings (SSSR count). The molecular formula is C11H13N5O2. The maximum absolute atomic E-state index is 11.9. The van der Waals surface area contributed by atoms with E-state index in [9.17, 15) is 4.79 Å². The standard InChI is InChI=1S/C11H13N5O2/c1-7-4-8(18-16-7)5-14-11(17)9-6-13-3-2-10(9)15-12/h2-4,6H,5,12H2,1H3,(H,13,15)(H,14,17). The van der Waals surface area contributed by atoms with Gasteiger partial charge in [0.1, 0.15) is 0 Å². The first-order chi connectivity index (χ1) is 8.70. The van der Waals surface area contributed by atoms with Crippen molar-refractivity contribution in [1.29, 1.82) is 0 Å². The maximum atomic E-state index is 11.9. The summed E-state index contributed by atoms with van der Waals surface area (Å²) < 4.78 is 4.99. The Balaban J connectivity index is 2.03. The highest BCUT2D eigenvalue weighted by atomic mass is 16.5. The van der Waals surface area contributed by atoms with Crippen LogP contribution in [0.15, 0.2) is 29.0 Å². The van der Waals surface area contributed by atoms with Gasteiger partial charge in [0, 0.05) is 18.5 Å². The van der Waals surface area contributed by atoms with Crippen LogP contribution in [0.1, 0.15) is 21.8 Å². The lowest BCUT2D eigenvalue weighted by atomic mass is 10.2. The quantitative estimate of drug-likeness (QED) is 0.539. The molecule has 94 valence electrons. The van der Waals surface area contributed by atoms with E-state index in [4.69, 9.17) is 10.4 Å². The van der Waals surface area contributed by atoms with Crippen molar-refractivity contribution in [1.82, 2.24) is 15.5 Å². The summed E-state index contributed by atoms with van der Waals surface area (Å²) in [5.41, 5.74) is 4.09. The Labute approximate surface area is 103 Å². The SMILES string of the molecule is Cc1cc(CNC(=O)c2cnccc2NN)on1. The van der Waals surface area contributed by atoms with Crippen molar-refractivity contribution in [2.24, 2.45) is 5.84 Å². The van der Waals surface area contributed by atoms with Gasteiger partial charge in [-0.25, -0.2) is 0 Å². The van der Waals surface area contributed by atoms with Crippen LogP contribution < -0.4 is 16.6 Å². The lowest BCUT2D eigenvalue weighted by Gasteiger charge is -2.07. The minimum Gasteiger partial charge on any atom is -0.359 e. The van der Waals surface area contributed by atoms with Crippen molar-refractivity contribution in [3.05, 3.63) is 41.5 Å². The number of hydrogen-bond donors (Lipinski definition) is 3. The molecule has 4 N–H and O–H groups in total. The summed E-state index contributed by atoms with van der Waals surface area (Å²) in [7, 11) is 0. The highest BCUT2D eigenvalue weighted by Crippen LogP contribution is 2.11. The van der Waals surface area contributed by atoms with Crippen LogP contribution in [0.2, 0.25) is 0 Å². The molecule has 0 spiro atoms. The van der Waals surface area contributed by atoms with Gasteiger partial charge in [-0.1, -0.05) is 5.16 Å². The molecule has 1 amide bonds. The molecule has 0 saturated heterocycles. The van der Waals surface area contributed by atoms with Crippen LogP contribution in [0, 0.1) is 6.92 Å². The van der Waals surface area contributed by atoms with Crippen molar-refractivity contribution in [2.75, 3.05) is 5.43 Å². The number of hydrogen-bond acceptors (Lipinski definition) is 6. The molecule has 2 heterocycles. The zero-order valence-electron chi connectivity index (χ0n) is 9.80. The van der Waals surface area contributed by atoms with Gasteiger partial charge >= 0.3 is 0 Å². The Bertz CT molecular complexity index is 552. The number of nitrogens with zero attached hydrogens (tertiary/aromatic N) is 2. The Morgan fingerprint density at radius 3 is 3.06 bits per heavy atom. The average Bonchev–Trinajstić information content (AvgIpc) is 2.81. The van der Waals surface area contributed by atoms with Crippen LogP contribution in [-0.2, 0) is 6.54 Å². The fraction of sp³-hybridized carbons (Fsp3) is 0.182. The lowest BCUT2D eigenvalue weighted by Crippen LogP contribution is -2.24. The van der Waals surface area contributed by atoms with Crippen molar-refractivity contribution in [3.8, 4) is 0 Å². The fourth-order valence-electron chi connectivity index (χ4n) is 1.46. The lowest BCUT2D eigenvalue weighted by molar-refractivity contribution is 0.0947. The van der Waals surface area contributed by atoms with Crippen LogP contribution in [0.4, 0.5) is 5.69 Å². The summed E-state index contributed by atoms with van der Waals surface area (Å²) in [5.74, 6) is 5.62. The molecule has 0 aliphatic heterocycles. The molecule has 2 aromatic heterocycles. The van der Waals surface area contributed by atoms with E-state index in [0.29, 0.717) is 17.0 Å². The topological polar surface area (TPSA) is 106 Å². The van der Waals surface area contributed by atoms with Gasteiger partial charge in [-0.2, -0.15) is 0 Å². The monoisotopic (exact) mass is 247 g/mol. The zero-order valence-corrected chi connectivity index (χ0v) is 9.80. The Morgan fingerprint density at radius 2 is 2.39 bits per heavy atom. The van der Waals surface area contributed by atoms with Gasteiger partial charge in [0.15, 0.2) is 5.76 Å². The van der Waals surface area contributed by atoms with Gasteiger partial charge in [0.25, 0.3) is 5.91 Å². The summed E-state index contributed by atoms with van der Waals surface area (Å²) in [5, 5.41) is 6.43. The highest BCUT2D eigenvalue weighted by Gasteiger charge is 2.11. The van der Waals surface area contributed by atoms with E-state index in [0.717, 1.165) is 5.69 Å². The minimum atomic E-state index is -0.287. The minimum absolute atomic E-state index is 0.262. The van der Waals surface area contributed by atoms with Gasteiger partial charge < -0.3 is 15.3 Å². The van der Waals surface area contributed by atoms with Gasteiger partial charge in [0.2, 0.25) is 0 Å². The van der Waals surface area contributed by atoms with E-state index < -0.39 is 0 Å². The third kappa shape index (κ3) is 2.64. The first-order valence-electron chi connectivity index (χ1n) is 5.31. The number of carbonyl (C=O) groups is 1. The number of aromatic nitrogens is 2. The van der Waals surface area contributed by atoms with E-state index >= 15 is 0 Å². The summed E-state index contributed by atoms with van der Waals surface area (Å²) in [6.07, 6.45) is 2.99. The molecule has 0 aromatic carbocycles. The number of aryl methyl sites for hydroxylation is 1. The average molecular weight is 247 g/mol. The molecule has 0 fully saturated rings. The molecule has 7 nitrogen and oxygen atoms in total. The predicted octanol–water partition coefficient (Wildman–Crippen LogP) is 0.594. The Kier molecular flexibility index (Phi) is 3.54. The number of hydrazine groups is 1. The molecular weight excluding hydrogens is 234 g/mol. The molecule has 18 heavy (non-hydrogen) atoms. The Morgan fingerprint density at radius 1 is 1.56 bits per heavy atom. The van der Waals surface area contributed by atoms with E-state index in [1.807, 2.05) is 6.92 Å². The number of rotatable bonds is 4. The number of nitrogens with two attached hydrogens (primary N) is 1. The number of nitrogens with one attached hydrogen (secondary N) is 2. The number of amides is 1. The van der Waals surface area contributed by atoms with Crippen molar-refractivity contribution < 1.29 is 9.32 Å². The first-order valence-corrected chi connectivity index (χ1v) is 5.31. The molecule has 0 atom stereocenters. The number of carbonyl (C=O) groups excluding carboxylic acids is 1. The Hall–Kier alpha value is -2.41. The molecule has 2 aromatic rings. The van der Waals surface area contributed by atoms with E-state index in [1.54, 1.807) is 18.3 Å². The second-order valence-electron chi connectivity index (χ2n) is 3.68. The number of anilines is 1. The van der Waals surface area contributed by atoms with Crippen LogP contribution >= 0.6 is 0 Å². The smallest absolute Gasteiger partial charge is 0.255 e. The molecule has 0 unspecified atom stereocenters. The van der Waals surface area contributed by atoms with Crippen molar-refractivity contribution in [3.63, 3.8) is 0 Å². The molecule has 0 aliphatic carbocycles. The second kappa shape index (κ2) is 5.28. The number of pyridine rings is 1. The van der Waals surface area contributed by atoms with Gasteiger partial charge in [-0.15, -0.1) is 0 Å². The predicted molar refractivity (Wildman–Crippen MR) is 64.5 cm³/mol. The van der Waals surface area contributed by atoms with E-state index in [2.05, 4.69) is 20.9 Å². The van der Waals surface area contributed by atoms with Crippen LogP contribution in [-0.4, -0.2) is 16.0 Å².